The zero-order valence-electron chi connectivity index (χ0n) is 12.3. The second kappa shape index (κ2) is 11.2. The van der Waals surface area contributed by atoms with E-state index in [-0.39, 0.29) is 11.8 Å². The van der Waals surface area contributed by atoms with E-state index in [0.717, 1.165) is 37.8 Å². The van der Waals surface area contributed by atoms with Crippen LogP contribution in [0.25, 0.3) is 0 Å². The lowest BCUT2D eigenvalue weighted by Crippen LogP contribution is -2.29. The fraction of sp³-hybridized carbons (Fsp3) is 0.500. The molecule has 1 aromatic rings. The predicted octanol–water partition coefficient (Wildman–Crippen LogP) is 3.65. The maximum Gasteiger partial charge on any atom is 0.319 e. The molecule has 0 unspecified atom stereocenters. The van der Waals surface area contributed by atoms with E-state index < -0.39 is 0 Å². The van der Waals surface area contributed by atoms with Gasteiger partial charge < -0.3 is 10.6 Å². The Morgan fingerprint density at radius 2 is 1.62 bits per heavy atom. The molecule has 0 aromatic heterocycles. The van der Waals surface area contributed by atoms with Crippen molar-refractivity contribution in [1.82, 2.24) is 5.32 Å². The predicted molar refractivity (Wildman–Crippen MR) is 90.0 cm³/mol. The van der Waals surface area contributed by atoms with Crippen LogP contribution < -0.4 is 10.6 Å². The Balaban J connectivity index is 1.94. The van der Waals surface area contributed by atoms with Gasteiger partial charge in [-0.2, -0.15) is 12.6 Å². The van der Waals surface area contributed by atoms with Crippen LogP contribution >= 0.6 is 12.6 Å². The van der Waals surface area contributed by atoms with Gasteiger partial charge in [-0.25, -0.2) is 4.79 Å². The number of thiol groups is 1. The summed E-state index contributed by atoms with van der Waals surface area (Å²) in [7, 11) is 0. The molecule has 0 atom stereocenters. The molecule has 0 saturated carbocycles. The number of rotatable bonds is 10. The van der Waals surface area contributed by atoms with Gasteiger partial charge in [0.15, 0.2) is 0 Å². The lowest BCUT2D eigenvalue weighted by atomic mass is 10.1. The van der Waals surface area contributed by atoms with Gasteiger partial charge in [-0.15, -0.1) is 0 Å². The molecule has 0 radical (unpaired) electrons. The van der Waals surface area contributed by atoms with Crippen LogP contribution in [-0.2, 0) is 4.79 Å². The zero-order valence-corrected chi connectivity index (χ0v) is 13.2. The monoisotopic (exact) mass is 308 g/mol. The van der Waals surface area contributed by atoms with Crippen LogP contribution in [0.2, 0.25) is 0 Å². The summed E-state index contributed by atoms with van der Waals surface area (Å²) in [4.78, 5) is 22.6. The Labute approximate surface area is 132 Å². The van der Waals surface area contributed by atoms with E-state index >= 15 is 0 Å². The molecule has 0 saturated heterocycles. The van der Waals surface area contributed by atoms with Crippen LogP contribution in [0.1, 0.15) is 38.5 Å². The van der Waals surface area contributed by atoms with Gasteiger partial charge in [0.25, 0.3) is 0 Å². The molecule has 2 amide bonds. The number of carbonyl (C=O) groups excluding carboxylic acids is 2. The first kappa shape index (κ1) is 17.6. The number of para-hydroxylation sites is 1. The van der Waals surface area contributed by atoms with Crippen molar-refractivity contribution in [2.75, 3.05) is 17.6 Å². The molecule has 0 aliphatic carbocycles. The maximum absolute atomic E-state index is 11.6. The Bertz CT molecular complexity index is 424. The van der Waals surface area contributed by atoms with E-state index in [1.807, 2.05) is 30.3 Å². The first-order valence-corrected chi connectivity index (χ1v) is 8.08. The molecule has 0 fully saturated rings. The fourth-order valence-electron chi connectivity index (χ4n) is 1.96. The molecule has 1 aromatic carbocycles. The lowest BCUT2D eigenvalue weighted by Gasteiger charge is -2.07. The number of anilines is 1. The summed E-state index contributed by atoms with van der Waals surface area (Å²) >= 11 is 3.95. The van der Waals surface area contributed by atoms with Crippen molar-refractivity contribution in [2.45, 2.75) is 38.5 Å². The zero-order chi connectivity index (χ0) is 15.3. The third-order valence-corrected chi connectivity index (χ3v) is 3.48. The van der Waals surface area contributed by atoms with Gasteiger partial charge in [-0.3, -0.25) is 4.79 Å². The number of Topliss-reactive ketones (excluding diaryl/α,β-unsaturated/α-hetero) is 1. The topological polar surface area (TPSA) is 58.2 Å². The Morgan fingerprint density at radius 3 is 2.33 bits per heavy atom. The Morgan fingerprint density at radius 1 is 0.952 bits per heavy atom. The minimum atomic E-state index is -0.166. The van der Waals surface area contributed by atoms with E-state index in [4.69, 9.17) is 0 Å². The van der Waals surface area contributed by atoms with E-state index in [1.165, 1.54) is 0 Å². The molecule has 0 heterocycles. The maximum atomic E-state index is 11.6. The highest BCUT2D eigenvalue weighted by atomic mass is 32.1. The molecule has 0 bridgehead atoms. The smallest absolute Gasteiger partial charge is 0.319 e. The van der Waals surface area contributed by atoms with Gasteiger partial charge in [-0.05, 0) is 25.0 Å². The largest absolute Gasteiger partial charge is 0.338 e. The van der Waals surface area contributed by atoms with Crippen LogP contribution in [0.4, 0.5) is 10.5 Å². The summed E-state index contributed by atoms with van der Waals surface area (Å²) in [5.74, 6) is 0.568. The molecule has 0 spiro atoms. The lowest BCUT2D eigenvalue weighted by molar-refractivity contribution is -0.116. The SMILES string of the molecule is O=C(CS)CCCCCCCNC(=O)Nc1ccccc1. The number of amides is 2. The highest BCUT2D eigenvalue weighted by molar-refractivity contribution is 7.81. The summed E-state index contributed by atoms with van der Waals surface area (Å²) in [6.45, 7) is 0.675. The molecular formula is C16H24N2O2S. The highest BCUT2D eigenvalue weighted by Gasteiger charge is 2.00. The summed E-state index contributed by atoms with van der Waals surface area (Å²) in [6.07, 6.45) is 5.78. The number of hydrogen-bond acceptors (Lipinski definition) is 3. The molecule has 116 valence electrons. The fourth-order valence-corrected chi connectivity index (χ4v) is 2.11. The average molecular weight is 308 g/mol. The Hall–Kier alpha value is -1.49. The molecular weight excluding hydrogens is 284 g/mol. The number of unbranched alkanes of at least 4 members (excludes halogenated alkanes) is 4. The van der Waals surface area contributed by atoms with Crippen LogP contribution in [0, 0.1) is 0 Å². The van der Waals surface area contributed by atoms with Gasteiger partial charge in [-0.1, -0.05) is 37.5 Å². The molecule has 2 N–H and O–H groups in total. The third-order valence-electron chi connectivity index (χ3n) is 3.13. The highest BCUT2D eigenvalue weighted by Crippen LogP contribution is 2.06. The summed E-state index contributed by atoms with van der Waals surface area (Å²) in [5.41, 5.74) is 0.795. The van der Waals surface area contributed by atoms with Crippen molar-refractivity contribution in [3.8, 4) is 0 Å². The second-order valence-electron chi connectivity index (χ2n) is 4.96. The first-order valence-electron chi connectivity index (χ1n) is 7.45. The number of carbonyl (C=O) groups is 2. The second-order valence-corrected chi connectivity index (χ2v) is 5.28. The van der Waals surface area contributed by atoms with Gasteiger partial charge in [0.1, 0.15) is 5.78 Å². The average Bonchev–Trinajstić information content (AvgIpc) is 2.50. The third kappa shape index (κ3) is 9.13. The molecule has 0 aliphatic heterocycles. The van der Waals surface area contributed by atoms with Crippen LogP contribution in [0.5, 0.6) is 0 Å². The number of ketones is 1. The molecule has 21 heavy (non-hydrogen) atoms. The molecule has 0 aliphatic rings. The van der Waals surface area contributed by atoms with E-state index in [0.29, 0.717) is 18.7 Å². The minimum Gasteiger partial charge on any atom is -0.338 e. The van der Waals surface area contributed by atoms with Crippen molar-refractivity contribution in [3.63, 3.8) is 0 Å². The van der Waals surface area contributed by atoms with E-state index in [9.17, 15) is 9.59 Å². The molecule has 4 nitrogen and oxygen atoms in total. The molecule has 5 heteroatoms. The van der Waals surface area contributed by atoms with Gasteiger partial charge in [0, 0.05) is 24.4 Å². The normalized spacial score (nSPS) is 10.1. The quantitative estimate of drug-likeness (QED) is 0.456. The van der Waals surface area contributed by atoms with Crippen molar-refractivity contribution in [1.29, 1.82) is 0 Å². The van der Waals surface area contributed by atoms with Gasteiger partial charge in [0.05, 0.1) is 0 Å². The van der Waals surface area contributed by atoms with Crippen molar-refractivity contribution in [3.05, 3.63) is 30.3 Å². The van der Waals surface area contributed by atoms with E-state index in [1.54, 1.807) is 0 Å². The van der Waals surface area contributed by atoms with Crippen LogP contribution in [0.15, 0.2) is 30.3 Å². The number of urea groups is 1. The molecule has 1 rings (SSSR count). The van der Waals surface area contributed by atoms with Crippen molar-refractivity contribution in [2.24, 2.45) is 0 Å². The van der Waals surface area contributed by atoms with Crippen molar-refractivity contribution < 1.29 is 9.59 Å². The minimum absolute atomic E-state index is 0.166. The summed E-state index contributed by atoms with van der Waals surface area (Å²) in [5, 5.41) is 5.61. The van der Waals surface area contributed by atoms with Crippen LogP contribution in [0.3, 0.4) is 0 Å². The van der Waals surface area contributed by atoms with Gasteiger partial charge in [0.2, 0.25) is 0 Å². The summed E-state index contributed by atoms with van der Waals surface area (Å²) in [6, 6.07) is 9.22. The van der Waals surface area contributed by atoms with Gasteiger partial charge >= 0.3 is 6.03 Å². The number of hydrogen-bond donors (Lipinski definition) is 3. The standard InChI is InChI=1S/C16H24N2O2S/c19-15(13-21)11-7-2-1-3-8-12-17-16(20)18-14-9-5-4-6-10-14/h4-6,9-10,21H,1-3,7-8,11-13H2,(H2,17,18,20). The van der Waals surface area contributed by atoms with Crippen LogP contribution in [-0.4, -0.2) is 24.1 Å². The summed E-state index contributed by atoms with van der Waals surface area (Å²) < 4.78 is 0. The van der Waals surface area contributed by atoms with Crippen molar-refractivity contribution >= 4 is 30.1 Å². The van der Waals surface area contributed by atoms with E-state index in [2.05, 4.69) is 23.3 Å². The number of nitrogens with one attached hydrogen (secondary N) is 2. The number of benzene rings is 1. The Kier molecular flexibility index (Phi) is 9.37. The first-order chi connectivity index (χ1) is 10.2.